The Bertz CT molecular complexity index is 257. The lowest BCUT2D eigenvalue weighted by molar-refractivity contribution is -0.142. The molecule has 0 amide bonds. The molecule has 0 aliphatic heterocycles. The first-order valence-corrected chi connectivity index (χ1v) is 4.44. The van der Waals surface area contributed by atoms with E-state index < -0.39 is 5.97 Å². The number of carbonyl (C=O) groups is 1. The second-order valence-electron chi connectivity index (χ2n) is 3.00. The lowest BCUT2D eigenvalue weighted by Crippen LogP contribution is -2.15. The van der Waals surface area contributed by atoms with Crippen molar-refractivity contribution >= 4 is 5.97 Å². The largest absolute Gasteiger partial charge is 0.481 e. The summed E-state index contributed by atoms with van der Waals surface area (Å²) in [6, 6.07) is 1.84. The van der Waals surface area contributed by atoms with E-state index in [2.05, 4.69) is 5.10 Å². The molecule has 1 heterocycles. The Morgan fingerprint density at radius 2 is 2.46 bits per heavy atom. The van der Waals surface area contributed by atoms with Gasteiger partial charge in [-0.15, -0.1) is 0 Å². The zero-order valence-corrected chi connectivity index (χ0v) is 7.68. The smallest absolute Gasteiger partial charge is 0.306 e. The van der Waals surface area contributed by atoms with Gasteiger partial charge in [0.05, 0.1) is 5.92 Å². The van der Waals surface area contributed by atoms with Gasteiger partial charge in [0.1, 0.15) is 0 Å². The molecule has 1 unspecified atom stereocenters. The van der Waals surface area contributed by atoms with E-state index >= 15 is 0 Å². The van der Waals surface area contributed by atoms with Crippen molar-refractivity contribution in [3.8, 4) is 0 Å². The SMILES string of the molecule is CCC(CCn1cccn1)C(=O)O. The van der Waals surface area contributed by atoms with Crippen molar-refractivity contribution in [1.82, 2.24) is 9.78 Å². The highest BCUT2D eigenvalue weighted by Crippen LogP contribution is 2.09. The van der Waals surface area contributed by atoms with Gasteiger partial charge in [0.2, 0.25) is 0 Å². The summed E-state index contributed by atoms with van der Waals surface area (Å²) >= 11 is 0. The third-order valence-corrected chi connectivity index (χ3v) is 2.11. The average molecular weight is 182 g/mol. The third-order valence-electron chi connectivity index (χ3n) is 2.11. The number of hydrogen-bond acceptors (Lipinski definition) is 2. The zero-order chi connectivity index (χ0) is 9.68. The van der Waals surface area contributed by atoms with E-state index in [0.717, 1.165) is 0 Å². The summed E-state index contributed by atoms with van der Waals surface area (Å²) < 4.78 is 1.76. The number of rotatable bonds is 5. The van der Waals surface area contributed by atoms with E-state index in [1.807, 2.05) is 19.2 Å². The van der Waals surface area contributed by atoms with E-state index in [1.54, 1.807) is 10.9 Å². The molecule has 0 radical (unpaired) electrons. The minimum Gasteiger partial charge on any atom is -0.481 e. The first kappa shape index (κ1) is 9.77. The molecule has 0 aliphatic rings. The average Bonchev–Trinajstić information content (AvgIpc) is 2.57. The molecule has 4 heteroatoms. The second-order valence-corrected chi connectivity index (χ2v) is 3.00. The van der Waals surface area contributed by atoms with Crippen LogP contribution in [0, 0.1) is 5.92 Å². The Labute approximate surface area is 77.2 Å². The van der Waals surface area contributed by atoms with Crippen molar-refractivity contribution in [2.75, 3.05) is 0 Å². The minimum atomic E-state index is -0.713. The first-order chi connectivity index (χ1) is 6.24. The van der Waals surface area contributed by atoms with Crippen LogP contribution in [-0.4, -0.2) is 20.9 Å². The quantitative estimate of drug-likeness (QED) is 0.748. The highest BCUT2D eigenvalue weighted by molar-refractivity contribution is 5.69. The molecule has 0 saturated carbocycles. The molecule has 1 aromatic rings. The molecule has 4 nitrogen and oxygen atoms in total. The van der Waals surface area contributed by atoms with E-state index in [4.69, 9.17) is 5.11 Å². The van der Waals surface area contributed by atoms with E-state index in [-0.39, 0.29) is 5.92 Å². The molecule has 0 saturated heterocycles. The van der Waals surface area contributed by atoms with Crippen LogP contribution in [-0.2, 0) is 11.3 Å². The predicted octanol–water partition coefficient (Wildman–Crippen LogP) is 1.38. The molecule has 1 aromatic heterocycles. The number of carboxylic acid groups (broad SMARTS) is 1. The van der Waals surface area contributed by atoms with Crippen molar-refractivity contribution in [2.45, 2.75) is 26.3 Å². The van der Waals surface area contributed by atoms with E-state index in [1.165, 1.54) is 0 Å². The highest BCUT2D eigenvalue weighted by Gasteiger charge is 2.14. The van der Waals surface area contributed by atoms with Crippen LogP contribution in [0.2, 0.25) is 0 Å². The van der Waals surface area contributed by atoms with Crippen molar-refractivity contribution < 1.29 is 9.90 Å². The van der Waals surface area contributed by atoms with Gasteiger partial charge in [0.15, 0.2) is 0 Å². The van der Waals surface area contributed by atoms with Crippen LogP contribution in [0.5, 0.6) is 0 Å². The van der Waals surface area contributed by atoms with E-state index in [9.17, 15) is 4.79 Å². The van der Waals surface area contributed by atoms with Crippen LogP contribution in [0.25, 0.3) is 0 Å². The van der Waals surface area contributed by atoms with Crippen molar-refractivity contribution in [3.05, 3.63) is 18.5 Å². The number of carboxylic acids is 1. The highest BCUT2D eigenvalue weighted by atomic mass is 16.4. The summed E-state index contributed by atoms with van der Waals surface area (Å²) in [5.41, 5.74) is 0. The molecule has 0 aromatic carbocycles. The van der Waals surface area contributed by atoms with Gasteiger partial charge < -0.3 is 5.11 Å². The van der Waals surface area contributed by atoms with Gasteiger partial charge in [0.25, 0.3) is 0 Å². The second kappa shape index (κ2) is 4.64. The number of hydrogen-bond donors (Lipinski definition) is 1. The lowest BCUT2D eigenvalue weighted by atomic mass is 10.0. The Morgan fingerprint density at radius 1 is 1.69 bits per heavy atom. The molecular weight excluding hydrogens is 168 g/mol. The Hall–Kier alpha value is -1.32. The van der Waals surface area contributed by atoms with Crippen LogP contribution < -0.4 is 0 Å². The van der Waals surface area contributed by atoms with E-state index in [0.29, 0.717) is 19.4 Å². The third kappa shape index (κ3) is 2.89. The Kier molecular flexibility index (Phi) is 3.49. The van der Waals surface area contributed by atoms with Crippen LogP contribution in [0.3, 0.4) is 0 Å². The molecule has 1 rings (SSSR count). The number of aliphatic carboxylic acids is 1. The molecule has 13 heavy (non-hydrogen) atoms. The summed E-state index contributed by atoms with van der Waals surface area (Å²) in [7, 11) is 0. The first-order valence-electron chi connectivity index (χ1n) is 4.44. The van der Waals surface area contributed by atoms with Crippen LogP contribution in [0.4, 0.5) is 0 Å². The maximum atomic E-state index is 10.7. The normalized spacial score (nSPS) is 12.7. The lowest BCUT2D eigenvalue weighted by Gasteiger charge is -2.08. The van der Waals surface area contributed by atoms with Crippen LogP contribution in [0.15, 0.2) is 18.5 Å². The van der Waals surface area contributed by atoms with Crippen LogP contribution in [0.1, 0.15) is 19.8 Å². The predicted molar refractivity (Wildman–Crippen MR) is 48.3 cm³/mol. The Morgan fingerprint density at radius 3 is 2.92 bits per heavy atom. The monoisotopic (exact) mass is 182 g/mol. The molecule has 1 atom stereocenters. The van der Waals surface area contributed by atoms with Crippen LogP contribution >= 0.6 is 0 Å². The van der Waals surface area contributed by atoms with Crippen molar-refractivity contribution in [2.24, 2.45) is 5.92 Å². The van der Waals surface area contributed by atoms with Gasteiger partial charge in [-0.3, -0.25) is 9.48 Å². The van der Waals surface area contributed by atoms with Gasteiger partial charge in [-0.1, -0.05) is 6.92 Å². The molecule has 0 aliphatic carbocycles. The fourth-order valence-electron chi connectivity index (χ4n) is 1.22. The number of nitrogens with zero attached hydrogens (tertiary/aromatic N) is 2. The fraction of sp³-hybridized carbons (Fsp3) is 0.556. The van der Waals surface area contributed by atoms with Gasteiger partial charge in [-0.2, -0.15) is 5.10 Å². The van der Waals surface area contributed by atoms with Gasteiger partial charge >= 0.3 is 5.97 Å². The summed E-state index contributed by atoms with van der Waals surface area (Å²) in [6.07, 6.45) is 4.86. The number of aromatic nitrogens is 2. The Balaban J connectivity index is 2.36. The summed E-state index contributed by atoms with van der Waals surface area (Å²) in [5.74, 6) is -0.959. The molecule has 0 fully saturated rings. The molecular formula is C9H14N2O2. The van der Waals surface area contributed by atoms with Gasteiger partial charge in [0, 0.05) is 18.9 Å². The summed E-state index contributed by atoms with van der Waals surface area (Å²) in [6.45, 7) is 2.57. The van der Waals surface area contributed by atoms with Crippen molar-refractivity contribution in [1.29, 1.82) is 0 Å². The zero-order valence-electron chi connectivity index (χ0n) is 7.68. The molecule has 72 valence electrons. The summed E-state index contributed by atoms with van der Waals surface area (Å²) in [5, 5.41) is 12.8. The minimum absolute atomic E-state index is 0.246. The molecule has 0 spiro atoms. The van der Waals surface area contributed by atoms with Crippen molar-refractivity contribution in [3.63, 3.8) is 0 Å². The van der Waals surface area contributed by atoms with Gasteiger partial charge in [-0.05, 0) is 18.9 Å². The topological polar surface area (TPSA) is 55.1 Å². The molecule has 1 N–H and O–H groups in total. The number of aryl methyl sites for hydroxylation is 1. The van der Waals surface area contributed by atoms with Gasteiger partial charge in [-0.25, -0.2) is 0 Å². The summed E-state index contributed by atoms with van der Waals surface area (Å²) in [4.78, 5) is 10.7. The maximum Gasteiger partial charge on any atom is 0.306 e. The standard InChI is InChI=1S/C9H14N2O2/c1-2-8(9(12)13)4-7-11-6-3-5-10-11/h3,5-6,8H,2,4,7H2,1H3,(H,12,13). The molecule has 0 bridgehead atoms. The fourth-order valence-corrected chi connectivity index (χ4v) is 1.22. The maximum absolute atomic E-state index is 10.7.